The van der Waals surface area contributed by atoms with Gasteiger partial charge >= 0.3 is 11.9 Å². The summed E-state index contributed by atoms with van der Waals surface area (Å²) in [5.41, 5.74) is -0.907. The molecule has 118 valence electrons. The smallest absolute Gasteiger partial charge is 0.331 e. The van der Waals surface area contributed by atoms with E-state index in [1.54, 1.807) is 20.9 Å². The van der Waals surface area contributed by atoms with Crippen molar-refractivity contribution < 1.29 is 28.7 Å². The number of hydrogen-bond acceptors (Lipinski definition) is 7. The number of imide groups is 1. The summed E-state index contributed by atoms with van der Waals surface area (Å²) >= 11 is 0. The van der Waals surface area contributed by atoms with E-state index in [0.717, 1.165) is 17.1 Å². The summed E-state index contributed by atoms with van der Waals surface area (Å²) in [5.74, 6) is -1.90. The SMILES string of the molecule is CNC(C)(C)C(=O)N(C=O)CCOC(=O)/C=C/C(=O)OC. The molecule has 1 N–H and O–H groups in total. The Hall–Kier alpha value is -2.22. The predicted octanol–water partition coefficient (Wildman–Crippen LogP) is -0.758. The van der Waals surface area contributed by atoms with Crippen LogP contribution < -0.4 is 5.32 Å². The third kappa shape index (κ3) is 6.66. The zero-order chi connectivity index (χ0) is 16.5. The van der Waals surface area contributed by atoms with Gasteiger partial charge in [-0.15, -0.1) is 0 Å². The Balaban J connectivity index is 4.34. The van der Waals surface area contributed by atoms with Gasteiger partial charge in [-0.1, -0.05) is 0 Å². The van der Waals surface area contributed by atoms with Crippen LogP contribution in [-0.2, 0) is 28.7 Å². The maximum Gasteiger partial charge on any atom is 0.331 e. The summed E-state index contributed by atoms with van der Waals surface area (Å²) in [6.07, 6.45) is 2.19. The molecule has 21 heavy (non-hydrogen) atoms. The molecule has 0 aromatic carbocycles. The van der Waals surface area contributed by atoms with Crippen molar-refractivity contribution in [3.8, 4) is 0 Å². The van der Waals surface area contributed by atoms with Crippen LogP contribution in [0.25, 0.3) is 0 Å². The first-order valence-corrected chi connectivity index (χ1v) is 6.16. The third-order valence-corrected chi connectivity index (χ3v) is 2.68. The van der Waals surface area contributed by atoms with E-state index in [9.17, 15) is 19.2 Å². The van der Waals surface area contributed by atoms with Crippen LogP contribution in [0.2, 0.25) is 0 Å². The summed E-state index contributed by atoms with van der Waals surface area (Å²) < 4.78 is 9.06. The molecule has 0 aliphatic heterocycles. The van der Waals surface area contributed by atoms with E-state index in [-0.39, 0.29) is 13.2 Å². The normalized spacial score (nSPS) is 11.0. The molecule has 0 fully saturated rings. The van der Waals surface area contributed by atoms with Crippen molar-refractivity contribution in [1.29, 1.82) is 0 Å². The fraction of sp³-hybridized carbons (Fsp3) is 0.538. The summed E-state index contributed by atoms with van der Waals surface area (Å²) in [5, 5.41) is 2.77. The minimum atomic E-state index is -0.907. The van der Waals surface area contributed by atoms with Crippen molar-refractivity contribution >= 4 is 24.3 Å². The summed E-state index contributed by atoms with van der Waals surface area (Å²) in [6, 6.07) is 0. The van der Waals surface area contributed by atoms with E-state index in [1.165, 1.54) is 7.11 Å². The summed E-state index contributed by atoms with van der Waals surface area (Å²) in [4.78, 5) is 45.8. The van der Waals surface area contributed by atoms with E-state index in [4.69, 9.17) is 4.74 Å². The molecule has 2 amide bonds. The van der Waals surface area contributed by atoms with Crippen LogP contribution in [0.15, 0.2) is 12.2 Å². The van der Waals surface area contributed by atoms with Crippen LogP contribution >= 0.6 is 0 Å². The number of carbonyl (C=O) groups excluding carboxylic acids is 4. The van der Waals surface area contributed by atoms with Gasteiger partial charge in [-0.3, -0.25) is 14.5 Å². The second-order valence-electron chi connectivity index (χ2n) is 4.50. The highest BCUT2D eigenvalue weighted by atomic mass is 16.5. The van der Waals surface area contributed by atoms with E-state index in [2.05, 4.69) is 10.1 Å². The highest BCUT2D eigenvalue weighted by Crippen LogP contribution is 2.05. The number of ether oxygens (including phenoxy) is 2. The average molecular weight is 300 g/mol. The van der Waals surface area contributed by atoms with Gasteiger partial charge in [0.2, 0.25) is 12.3 Å². The maximum absolute atomic E-state index is 12.0. The number of rotatable bonds is 8. The standard InChI is InChI=1S/C13H20N2O6/c1-13(2,14-3)12(19)15(9-16)7-8-21-11(18)6-5-10(17)20-4/h5-6,9,14H,7-8H2,1-4H3/b6-5+. The lowest BCUT2D eigenvalue weighted by molar-refractivity contribution is -0.147. The number of nitrogens with one attached hydrogen (secondary N) is 1. The zero-order valence-electron chi connectivity index (χ0n) is 12.5. The lowest BCUT2D eigenvalue weighted by Crippen LogP contribution is -2.53. The first-order valence-electron chi connectivity index (χ1n) is 6.16. The Morgan fingerprint density at radius 1 is 1.19 bits per heavy atom. The Kier molecular flexibility index (Phi) is 7.92. The summed E-state index contributed by atoms with van der Waals surface area (Å²) in [7, 11) is 2.77. The second kappa shape index (κ2) is 8.85. The van der Waals surface area contributed by atoms with Gasteiger partial charge in [-0.05, 0) is 20.9 Å². The monoisotopic (exact) mass is 300 g/mol. The van der Waals surface area contributed by atoms with Crippen LogP contribution in [-0.4, -0.2) is 62.0 Å². The molecule has 0 aliphatic rings. The van der Waals surface area contributed by atoms with E-state index >= 15 is 0 Å². The van der Waals surface area contributed by atoms with Crippen LogP contribution in [0.4, 0.5) is 0 Å². The van der Waals surface area contributed by atoms with Crippen molar-refractivity contribution in [3.63, 3.8) is 0 Å². The quantitative estimate of drug-likeness (QED) is 0.357. The first-order chi connectivity index (χ1) is 9.78. The largest absolute Gasteiger partial charge is 0.466 e. The molecule has 0 aromatic heterocycles. The molecule has 0 rings (SSSR count). The topological polar surface area (TPSA) is 102 Å². The van der Waals surface area contributed by atoms with Crippen molar-refractivity contribution in [1.82, 2.24) is 10.2 Å². The molecule has 0 saturated carbocycles. The minimum Gasteiger partial charge on any atom is -0.466 e. The van der Waals surface area contributed by atoms with Gasteiger partial charge in [0.05, 0.1) is 19.2 Å². The van der Waals surface area contributed by atoms with Gasteiger partial charge in [0, 0.05) is 12.2 Å². The molecule has 8 heteroatoms. The van der Waals surface area contributed by atoms with E-state index < -0.39 is 23.4 Å². The fourth-order valence-electron chi connectivity index (χ4n) is 1.16. The van der Waals surface area contributed by atoms with Gasteiger partial charge < -0.3 is 14.8 Å². The second-order valence-corrected chi connectivity index (χ2v) is 4.50. The maximum atomic E-state index is 12.0. The van der Waals surface area contributed by atoms with Crippen LogP contribution in [0.1, 0.15) is 13.8 Å². The number of methoxy groups -OCH3 is 1. The highest BCUT2D eigenvalue weighted by molar-refractivity contribution is 5.93. The molecule has 0 bridgehead atoms. The molecule has 0 unspecified atom stereocenters. The van der Waals surface area contributed by atoms with Gasteiger partial charge in [0.15, 0.2) is 0 Å². The van der Waals surface area contributed by atoms with E-state index in [0.29, 0.717) is 6.41 Å². The Morgan fingerprint density at radius 2 is 1.76 bits per heavy atom. The van der Waals surface area contributed by atoms with Crippen molar-refractivity contribution in [3.05, 3.63) is 12.2 Å². The molecule has 0 aliphatic carbocycles. The molecule has 0 heterocycles. The molecule has 0 atom stereocenters. The number of hydrogen-bond donors (Lipinski definition) is 1. The van der Waals surface area contributed by atoms with Gasteiger partial charge in [-0.25, -0.2) is 9.59 Å². The highest BCUT2D eigenvalue weighted by Gasteiger charge is 2.30. The van der Waals surface area contributed by atoms with Crippen molar-refractivity contribution in [2.24, 2.45) is 0 Å². The number of carbonyl (C=O) groups is 4. The summed E-state index contributed by atoms with van der Waals surface area (Å²) in [6.45, 7) is 2.99. The Labute approximate surface area is 123 Å². The van der Waals surface area contributed by atoms with Crippen molar-refractivity contribution in [2.75, 3.05) is 27.3 Å². The molecule has 0 spiro atoms. The van der Waals surface area contributed by atoms with Gasteiger partial charge in [0.25, 0.3) is 0 Å². The minimum absolute atomic E-state index is 0.0781. The van der Waals surface area contributed by atoms with Gasteiger partial charge in [-0.2, -0.15) is 0 Å². The molecule has 0 saturated heterocycles. The number of likely N-dealkylation sites (N-methyl/N-ethyl adjacent to an activating group) is 1. The average Bonchev–Trinajstić information content (AvgIpc) is 2.48. The van der Waals surface area contributed by atoms with E-state index in [1.807, 2.05) is 0 Å². The van der Waals surface area contributed by atoms with Crippen LogP contribution in [0, 0.1) is 0 Å². The lowest BCUT2D eigenvalue weighted by Gasteiger charge is -2.27. The Morgan fingerprint density at radius 3 is 2.24 bits per heavy atom. The van der Waals surface area contributed by atoms with Crippen molar-refractivity contribution in [2.45, 2.75) is 19.4 Å². The van der Waals surface area contributed by atoms with Crippen LogP contribution in [0.5, 0.6) is 0 Å². The van der Waals surface area contributed by atoms with Crippen LogP contribution in [0.3, 0.4) is 0 Å². The Bertz CT molecular complexity index is 430. The zero-order valence-corrected chi connectivity index (χ0v) is 12.5. The molecule has 0 aromatic rings. The fourth-order valence-corrected chi connectivity index (χ4v) is 1.16. The molecular weight excluding hydrogens is 280 g/mol. The molecule has 0 radical (unpaired) electrons. The molecule has 8 nitrogen and oxygen atoms in total. The lowest BCUT2D eigenvalue weighted by atomic mass is 10.0. The number of amides is 2. The van der Waals surface area contributed by atoms with Gasteiger partial charge in [0.1, 0.15) is 6.61 Å². The number of nitrogens with zero attached hydrogens (tertiary/aromatic N) is 1. The third-order valence-electron chi connectivity index (χ3n) is 2.68. The predicted molar refractivity (Wildman–Crippen MR) is 73.0 cm³/mol. The first kappa shape index (κ1) is 18.8. The molecular formula is C13H20N2O6. The number of esters is 2.